The van der Waals surface area contributed by atoms with E-state index in [1.165, 1.54) is 19.1 Å². The van der Waals surface area contributed by atoms with Crippen molar-refractivity contribution in [3.63, 3.8) is 0 Å². The lowest BCUT2D eigenvalue weighted by Crippen LogP contribution is -2.39. The van der Waals surface area contributed by atoms with Crippen LogP contribution >= 0.6 is 0 Å². The van der Waals surface area contributed by atoms with E-state index < -0.39 is 29.8 Å². The Kier molecular flexibility index (Phi) is 4.75. The van der Waals surface area contributed by atoms with E-state index in [1.807, 2.05) is 0 Å². The average Bonchev–Trinajstić information content (AvgIpc) is 2.89. The Bertz CT molecular complexity index is 618. The molecular formula is C15H17FN2O4. The second-order valence-electron chi connectivity index (χ2n) is 5.19. The summed E-state index contributed by atoms with van der Waals surface area (Å²) in [5.74, 6) is -1.87. The molecule has 6 nitrogen and oxygen atoms in total. The monoisotopic (exact) mass is 308 g/mol. The third-order valence-corrected chi connectivity index (χ3v) is 3.38. The number of nitrogens with one attached hydrogen (secondary N) is 2. The first-order valence-electron chi connectivity index (χ1n) is 6.93. The summed E-state index contributed by atoms with van der Waals surface area (Å²) in [5.41, 5.74) is 0.750. The molecule has 1 aromatic carbocycles. The lowest BCUT2D eigenvalue weighted by molar-refractivity contribution is -0.155. The van der Waals surface area contributed by atoms with E-state index in [9.17, 15) is 18.8 Å². The van der Waals surface area contributed by atoms with Crippen molar-refractivity contribution in [1.82, 2.24) is 5.32 Å². The van der Waals surface area contributed by atoms with Gasteiger partial charge in [0.2, 0.25) is 5.91 Å². The van der Waals surface area contributed by atoms with E-state index in [-0.39, 0.29) is 18.0 Å². The van der Waals surface area contributed by atoms with Crippen LogP contribution in [0, 0.1) is 12.7 Å². The van der Waals surface area contributed by atoms with Crippen molar-refractivity contribution in [3.05, 3.63) is 29.6 Å². The van der Waals surface area contributed by atoms with Gasteiger partial charge in [-0.05, 0) is 38.0 Å². The van der Waals surface area contributed by atoms with E-state index in [0.29, 0.717) is 12.0 Å². The number of hydrogen-bond donors (Lipinski definition) is 2. The fourth-order valence-electron chi connectivity index (χ4n) is 2.02. The molecule has 2 rings (SSSR count). The molecule has 0 spiro atoms. The van der Waals surface area contributed by atoms with Crippen molar-refractivity contribution in [2.75, 3.05) is 5.32 Å². The van der Waals surface area contributed by atoms with Crippen molar-refractivity contribution in [3.8, 4) is 0 Å². The minimum Gasteiger partial charge on any atom is -0.451 e. The number of carbonyl (C=O) groups is 3. The van der Waals surface area contributed by atoms with Crippen LogP contribution < -0.4 is 10.6 Å². The predicted molar refractivity (Wildman–Crippen MR) is 76.5 cm³/mol. The fraction of sp³-hybridized carbons (Fsp3) is 0.400. The first kappa shape index (κ1) is 15.9. The van der Waals surface area contributed by atoms with Gasteiger partial charge in [0, 0.05) is 12.1 Å². The molecule has 1 heterocycles. The summed E-state index contributed by atoms with van der Waals surface area (Å²) in [6.45, 7) is 3.02. The first-order valence-corrected chi connectivity index (χ1v) is 6.93. The van der Waals surface area contributed by atoms with Gasteiger partial charge >= 0.3 is 5.97 Å². The third kappa shape index (κ3) is 3.81. The number of benzene rings is 1. The van der Waals surface area contributed by atoms with Crippen molar-refractivity contribution >= 4 is 23.5 Å². The van der Waals surface area contributed by atoms with Crippen molar-refractivity contribution in [2.45, 2.75) is 38.8 Å². The van der Waals surface area contributed by atoms with Crippen LogP contribution in [0.15, 0.2) is 18.2 Å². The second-order valence-corrected chi connectivity index (χ2v) is 5.19. The molecule has 0 aromatic heterocycles. The van der Waals surface area contributed by atoms with Crippen LogP contribution in [-0.4, -0.2) is 29.9 Å². The highest BCUT2D eigenvalue weighted by molar-refractivity contribution is 5.96. The second kappa shape index (κ2) is 6.55. The highest BCUT2D eigenvalue weighted by Gasteiger charge is 2.30. The Morgan fingerprint density at radius 3 is 2.77 bits per heavy atom. The maximum Gasteiger partial charge on any atom is 0.329 e. The highest BCUT2D eigenvalue weighted by atomic mass is 19.1. The molecule has 2 atom stereocenters. The number of carbonyl (C=O) groups excluding carboxylic acids is 3. The molecule has 1 saturated heterocycles. The van der Waals surface area contributed by atoms with Crippen molar-refractivity contribution < 1.29 is 23.5 Å². The molecule has 0 saturated carbocycles. The maximum atomic E-state index is 13.4. The Labute approximate surface area is 127 Å². The zero-order valence-electron chi connectivity index (χ0n) is 12.3. The molecule has 118 valence electrons. The van der Waals surface area contributed by atoms with Crippen molar-refractivity contribution in [1.29, 1.82) is 0 Å². The Morgan fingerprint density at radius 2 is 2.18 bits per heavy atom. The van der Waals surface area contributed by atoms with E-state index in [0.717, 1.165) is 0 Å². The van der Waals surface area contributed by atoms with E-state index in [2.05, 4.69) is 10.6 Å². The van der Waals surface area contributed by atoms with Crippen molar-refractivity contribution in [2.24, 2.45) is 0 Å². The Balaban J connectivity index is 1.90. The lowest BCUT2D eigenvalue weighted by atomic mass is 10.2. The van der Waals surface area contributed by atoms with Gasteiger partial charge in [-0.3, -0.25) is 9.59 Å². The summed E-state index contributed by atoms with van der Waals surface area (Å²) in [5, 5.41) is 4.94. The predicted octanol–water partition coefficient (Wildman–Crippen LogP) is 1.28. The number of anilines is 1. The normalized spacial score (nSPS) is 18.5. The molecule has 1 aromatic rings. The number of halogens is 1. The lowest BCUT2D eigenvalue weighted by Gasteiger charge is -2.16. The Morgan fingerprint density at radius 1 is 1.45 bits per heavy atom. The molecule has 0 radical (unpaired) electrons. The quantitative estimate of drug-likeness (QED) is 0.821. The molecule has 1 aliphatic rings. The van der Waals surface area contributed by atoms with Crippen LogP contribution in [0.3, 0.4) is 0 Å². The van der Waals surface area contributed by atoms with Crippen LogP contribution in [0.2, 0.25) is 0 Å². The van der Waals surface area contributed by atoms with Gasteiger partial charge in [0.1, 0.15) is 11.9 Å². The molecule has 2 N–H and O–H groups in total. The number of amides is 2. The van der Waals surface area contributed by atoms with E-state index >= 15 is 0 Å². The molecule has 0 bridgehead atoms. The smallest absolute Gasteiger partial charge is 0.329 e. The summed E-state index contributed by atoms with van der Waals surface area (Å²) in [4.78, 5) is 34.7. The number of rotatable bonds is 4. The van der Waals surface area contributed by atoms with Gasteiger partial charge in [-0.1, -0.05) is 6.07 Å². The van der Waals surface area contributed by atoms with Gasteiger partial charge in [0.25, 0.3) is 5.91 Å². The van der Waals surface area contributed by atoms with Gasteiger partial charge in [-0.2, -0.15) is 0 Å². The summed E-state index contributed by atoms with van der Waals surface area (Å²) < 4.78 is 18.4. The Hall–Kier alpha value is -2.44. The summed E-state index contributed by atoms with van der Waals surface area (Å²) >= 11 is 0. The van der Waals surface area contributed by atoms with Gasteiger partial charge in [0.15, 0.2) is 6.10 Å². The standard InChI is InChI=1S/C15H17FN2O4/c1-8-3-4-10(7-11(8)16)17-14(20)9(2)22-15(21)12-5-6-13(19)18-12/h3-4,7,9,12H,5-6H2,1-2H3,(H,17,20)(H,18,19)/t9-,12-/m0/s1. The van der Waals surface area contributed by atoms with Crippen LogP contribution in [0.5, 0.6) is 0 Å². The minimum absolute atomic E-state index is 0.214. The zero-order chi connectivity index (χ0) is 16.3. The molecule has 1 fully saturated rings. The number of hydrogen-bond acceptors (Lipinski definition) is 4. The van der Waals surface area contributed by atoms with E-state index in [1.54, 1.807) is 13.0 Å². The van der Waals surface area contributed by atoms with E-state index in [4.69, 9.17) is 4.74 Å². The van der Waals surface area contributed by atoms with Crippen LogP contribution in [0.1, 0.15) is 25.3 Å². The number of ether oxygens (including phenoxy) is 1. The number of aryl methyl sites for hydroxylation is 1. The average molecular weight is 308 g/mol. The molecule has 7 heteroatoms. The van der Waals surface area contributed by atoms with Crippen LogP contribution in [0.4, 0.5) is 10.1 Å². The molecule has 0 unspecified atom stereocenters. The van der Waals surface area contributed by atoms with Gasteiger partial charge in [0.05, 0.1) is 0 Å². The topological polar surface area (TPSA) is 84.5 Å². The highest BCUT2D eigenvalue weighted by Crippen LogP contribution is 2.15. The summed E-state index contributed by atoms with van der Waals surface area (Å²) in [6.07, 6.45) is -0.424. The molecule has 2 amide bonds. The third-order valence-electron chi connectivity index (χ3n) is 3.38. The molecule has 1 aliphatic heterocycles. The van der Waals surface area contributed by atoms with Gasteiger partial charge < -0.3 is 15.4 Å². The summed E-state index contributed by atoms with van der Waals surface area (Å²) in [6, 6.07) is 3.58. The molecule has 22 heavy (non-hydrogen) atoms. The SMILES string of the molecule is Cc1ccc(NC(=O)[C@H](C)OC(=O)[C@@H]2CCC(=O)N2)cc1F. The first-order chi connectivity index (χ1) is 10.4. The maximum absolute atomic E-state index is 13.4. The van der Waals surface area contributed by atoms with Gasteiger partial charge in [-0.15, -0.1) is 0 Å². The number of esters is 1. The fourth-order valence-corrected chi connectivity index (χ4v) is 2.02. The molecule has 0 aliphatic carbocycles. The minimum atomic E-state index is -1.05. The largest absolute Gasteiger partial charge is 0.451 e. The van der Waals surface area contributed by atoms with Gasteiger partial charge in [-0.25, -0.2) is 9.18 Å². The summed E-state index contributed by atoms with van der Waals surface area (Å²) in [7, 11) is 0. The van der Waals surface area contributed by atoms with Crippen LogP contribution in [-0.2, 0) is 19.1 Å². The van der Waals surface area contributed by atoms with Crippen LogP contribution in [0.25, 0.3) is 0 Å². The zero-order valence-corrected chi connectivity index (χ0v) is 12.3. The molecular weight excluding hydrogens is 291 g/mol.